The Hall–Kier alpha value is -3.46. The van der Waals surface area contributed by atoms with Gasteiger partial charge in [0.25, 0.3) is 0 Å². The molecule has 4 aromatic rings. The monoisotopic (exact) mass is 567 g/mol. The number of nitrogen functional groups attached to an aromatic ring is 1. The number of pyridine rings is 1. The van der Waals surface area contributed by atoms with Gasteiger partial charge in [0.05, 0.1) is 29.8 Å². The van der Waals surface area contributed by atoms with Crippen LogP contribution in [0.25, 0.3) is 21.9 Å². The average molecular weight is 568 g/mol. The van der Waals surface area contributed by atoms with Gasteiger partial charge in [-0.3, -0.25) is 9.32 Å². The van der Waals surface area contributed by atoms with Gasteiger partial charge in [-0.1, -0.05) is 49.7 Å². The van der Waals surface area contributed by atoms with Crippen molar-refractivity contribution in [3.63, 3.8) is 0 Å². The highest BCUT2D eigenvalue weighted by Crippen LogP contribution is 2.46. The van der Waals surface area contributed by atoms with Crippen LogP contribution in [0.2, 0.25) is 0 Å². The second-order valence-electron chi connectivity index (χ2n) is 10.1. The molecule has 0 spiro atoms. The molecule has 0 aliphatic heterocycles. The van der Waals surface area contributed by atoms with E-state index in [-0.39, 0.29) is 6.10 Å². The summed E-state index contributed by atoms with van der Waals surface area (Å²) in [6, 6.07) is 15.5. The summed E-state index contributed by atoms with van der Waals surface area (Å²) >= 11 is 0. The zero-order valence-corrected chi connectivity index (χ0v) is 24.6. The number of aryl methyl sites for hydroxylation is 1. The minimum atomic E-state index is -4.05. The lowest BCUT2D eigenvalue weighted by molar-refractivity contribution is -0.149. The van der Waals surface area contributed by atoms with Crippen LogP contribution >= 0.6 is 7.75 Å². The fourth-order valence-corrected chi connectivity index (χ4v) is 6.15. The van der Waals surface area contributed by atoms with Crippen LogP contribution in [0.15, 0.2) is 54.6 Å². The summed E-state index contributed by atoms with van der Waals surface area (Å²) in [7, 11) is -4.05. The van der Waals surface area contributed by atoms with E-state index in [2.05, 4.69) is 21.6 Å². The van der Waals surface area contributed by atoms with Crippen molar-refractivity contribution in [1.82, 2.24) is 19.6 Å². The Balaban J connectivity index is 1.68. The highest BCUT2D eigenvalue weighted by Gasteiger charge is 2.35. The molecule has 0 fully saturated rings. The second-order valence-corrected chi connectivity index (χ2v) is 11.8. The zero-order chi connectivity index (χ0) is 28.9. The maximum absolute atomic E-state index is 14.1. The number of carbonyl (C=O) groups is 1. The van der Waals surface area contributed by atoms with Gasteiger partial charge < -0.3 is 19.6 Å². The number of nitrogens with two attached hydrogens (primary N) is 1. The normalized spacial score (nSPS) is 14.8. The summed E-state index contributed by atoms with van der Waals surface area (Å²) in [5.74, 6) is 0.991. The van der Waals surface area contributed by atoms with Gasteiger partial charge in [0, 0.05) is 11.8 Å². The van der Waals surface area contributed by atoms with Crippen LogP contribution in [0.3, 0.4) is 0 Å². The zero-order valence-electron chi connectivity index (χ0n) is 23.7. The number of esters is 1. The minimum Gasteiger partial charge on any atom is -0.462 e. The highest BCUT2D eigenvalue weighted by molar-refractivity contribution is 7.52. The number of unbranched alkanes of at least 4 members (excludes halogenated alkanes) is 1. The first-order valence-corrected chi connectivity index (χ1v) is 15.2. The maximum Gasteiger partial charge on any atom is 0.459 e. The van der Waals surface area contributed by atoms with Gasteiger partial charge in [-0.05, 0) is 52.3 Å². The lowest BCUT2D eigenvalue weighted by Crippen LogP contribution is -2.37. The van der Waals surface area contributed by atoms with Gasteiger partial charge in [-0.25, -0.2) is 14.5 Å². The number of nitrogens with one attached hydrogen (secondary N) is 1. The molecule has 0 radical (unpaired) electrons. The van der Waals surface area contributed by atoms with E-state index < -0.39 is 25.9 Å². The molecule has 0 aliphatic carbocycles. The number of carbonyl (C=O) groups excluding carboxylic acids is 1. The van der Waals surface area contributed by atoms with Crippen LogP contribution in [-0.4, -0.2) is 38.8 Å². The lowest BCUT2D eigenvalue weighted by Gasteiger charge is -2.26. The standard InChI is InChI=1S/C29H38N5O5P/c1-6-7-17-25-32-26-27(23-15-11-12-16-24(23)31-28(26)30)34(25)18-20(4)38-40(36,39-22-13-9-8-10-14-22)33-21(5)29(35)37-19(2)3/h8-16,19-21H,6-7,17-18H2,1-5H3,(H2,30,31)(H,33,36)/t20-,21+,40-/m1/s1. The Bertz CT molecular complexity index is 1510. The van der Waals surface area contributed by atoms with Crippen molar-refractivity contribution in [3.8, 4) is 5.75 Å². The molecule has 3 atom stereocenters. The Kier molecular flexibility index (Phi) is 9.45. The molecule has 0 bridgehead atoms. The first-order valence-electron chi connectivity index (χ1n) is 13.6. The molecule has 0 unspecified atom stereocenters. The number of anilines is 1. The van der Waals surface area contributed by atoms with E-state index in [1.165, 1.54) is 0 Å². The smallest absolute Gasteiger partial charge is 0.459 e. The van der Waals surface area contributed by atoms with Crippen molar-refractivity contribution in [3.05, 3.63) is 60.4 Å². The van der Waals surface area contributed by atoms with Crippen molar-refractivity contribution in [2.24, 2.45) is 0 Å². The van der Waals surface area contributed by atoms with Gasteiger partial charge >= 0.3 is 13.7 Å². The lowest BCUT2D eigenvalue weighted by atomic mass is 10.2. The predicted molar refractivity (Wildman–Crippen MR) is 157 cm³/mol. The van der Waals surface area contributed by atoms with Crippen molar-refractivity contribution in [2.75, 3.05) is 5.73 Å². The molecule has 0 aliphatic rings. The molecule has 0 saturated heterocycles. The third kappa shape index (κ3) is 6.99. The Morgan fingerprint density at radius 3 is 2.45 bits per heavy atom. The number of hydrogen-bond donors (Lipinski definition) is 2. The molecular formula is C29H38N5O5P. The molecule has 0 saturated carbocycles. The Labute approximate surface area is 234 Å². The number of ether oxygens (including phenoxy) is 1. The summed E-state index contributed by atoms with van der Waals surface area (Å²) in [5, 5.41) is 3.68. The molecule has 214 valence electrons. The third-order valence-electron chi connectivity index (χ3n) is 6.23. The van der Waals surface area contributed by atoms with Crippen LogP contribution in [0.5, 0.6) is 5.75 Å². The fourth-order valence-electron chi connectivity index (χ4n) is 4.48. The van der Waals surface area contributed by atoms with Crippen LogP contribution in [0.1, 0.15) is 53.3 Å². The van der Waals surface area contributed by atoms with Crippen LogP contribution < -0.4 is 15.3 Å². The maximum atomic E-state index is 14.1. The summed E-state index contributed by atoms with van der Waals surface area (Å²) in [4.78, 5) is 21.9. The molecule has 3 N–H and O–H groups in total. The van der Waals surface area contributed by atoms with E-state index >= 15 is 0 Å². The Morgan fingerprint density at radius 2 is 1.75 bits per heavy atom. The quantitative estimate of drug-likeness (QED) is 0.147. The van der Waals surface area contributed by atoms with E-state index in [0.717, 1.165) is 41.5 Å². The molecule has 4 rings (SSSR count). The van der Waals surface area contributed by atoms with Gasteiger partial charge in [-0.15, -0.1) is 0 Å². The van der Waals surface area contributed by atoms with Crippen molar-refractivity contribution >= 4 is 41.5 Å². The highest BCUT2D eigenvalue weighted by atomic mass is 31.2. The molecule has 2 heterocycles. The predicted octanol–water partition coefficient (Wildman–Crippen LogP) is 6.03. The number of nitrogens with zero attached hydrogens (tertiary/aromatic N) is 3. The van der Waals surface area contributed by atoms with Gasteiger partial charge in [0.2, 0.25) is 0 Å². The number of fused-ring (bicyclic) bond motifs is 3. The molecule has 40 heavy (non-hydrogen) atoms. The first-order chi connectivity index (χ1) is 19.1. The van der Waals surface area contributed by atoms with E-state index in [0.29, 0.717) is 23.6 Å². The molecule has 2 aromatic heterocycles. The Morgan fingerprint density at radius 1 is 1.05 bits per heavy atom. The largest absolute Gasteiger partial charge is 0.462 e. The number of aromatic nitrogens is 3. The number of rotatable bonds is 13. The molecule has 11 heteroatoms. The summed E-state index contributed by atoms with van der Waals surface area (Å²) in [6.45, 7) is 9.31. The van der Waals surface area contributed by atoms with Crippen LogP contribution in [0.4, 0.5) is 5.82 Å². The van der Waals surface area contributed by atoms with Crippen molar-refractivity contribution < 1.29 is 23.1 Å². The average Bonchev–Trinajstić information content (AvgIpc) is 3.26. The summed E-state index contributed by atoms with van der Waals surface area (Å²) in [5.41, 5.74) is 8.58. The van der Waals surface area contributed by atoms with Gasteiger partial charge in [-0.2, -0.15) is 5.09 Å². The summed E-state index contributed by atoms with van der Waals surface area (Å²) in [6.07, 6.45) is 1.74. The van der Waals surface area contributed by atoms with Crippen molar-refractivity contribution in [2.45, 2.75) is 78.7 Å². The topological polar surface area (TPSA) is 131 Å². The number of para-hydroxylation sites is 2. The number of imidazole rings is 1. The first kappa shape index (κ1) is 29.5. The number of benzene rings is 2. The van der Waals surface area contributed by atoms with Crippen molar-refractivity contribution in [1.29, 1.82) is 0 Å². The molecule has 10 nitrogen and oxygen atoms in total. The van der Waals surface area contributed by atoms with Gasteiger partial charge in [0.15, 0.2) is 5.82 Å². The molecule has 2 aromatic carbocycles. The van der Waals surface area contributed by atoms with E-state index in [4.69, 9.17) is 24.5 Å². The number of hydrogen-bond acceptors (Lipinski definition) is 8. The fraction of sp³-hybridized carbons (Fsp3) is 0.414. The van der Waals surface area contributed by atoms with Crippen LogP contribution in [-0.2, 0) is 31.6 Å². The van der Waals surface area contributed by atoms with Gasteiger partial charge in [0.1, 0.15) is 23.1 Å². The SMILES string of the molecule is CCCCc1nc2c(N)nc3ccccc3c2n1C[C@@H](C)O[P@](=O)(N[C@@H](C)C(=O)OC(C)C)Oc1ccccc1. The van der Waals surface area contributed by atoms with Crippen LogP contribution in [0, 0.1) is 0 Å². The second kappa shape index (κ2) is 12.8. The van der Waals surface area contributed by atoms with E-state index in [9.17, 15) is 9.36 Å². The third-order valence-corrected chi connectivity index (χ3v) is 8.02. The molecule has 0 amide bonds. The van der Waals surface area contributed by atoms with E-state index in [1.807, 2.05) is 37.3 Å². The van der Waals surface area contributed by atoms with E-state index in [1.54, 1.807) is 45.0 Å². The summed E-state index contributed by atoms with van der Waals surface area (Å²) < 4.78 is 33.4. The molecular weight excluding hydrogens is 529 g/mol. The minimum absolute atomic E-state index is 0.317.